The monoisotopic (exact) mass is 216 g/mol. The largest absolute Gasteiger partial charge is 0.316 e. The lowest BCUT2D eigenvalue weighted by molar-refractivity contribution is 0.133. The minimum atomic E-state index is -3.68. The molecular formula is C8H12N2O3S. The summed E-state index contributed by atoms with van der Waals surface area (Å²) >= 11 is 0. The fourth-order valence-corrected chi connectivity index (χ4v) is 1.60. The van der Waals surface area contributed by atoms with Gasteiger partial charge in [-0.2, -0.15) is 5.48 Å². The highest BCUT2D eigenvalue weighted by Crippen LogP contribution is 2.15. The summed E-state index contributed by atoms with van der Waals surface area (Å²) < 4.78 is 22.0. The highest BCUT2D eigenvalue weighted by atomic mass is 32.2. The zero-order valence-corrected chi connectivity index (χ0v) is 8.45. The Kier molecular flexibility index (Phi) is 3.22. The van der Waals surface area contributed by atoms with Crippen LogP contribution in [0.5, 0.6) is 0 Å². The van der Waals surface area contributed by atoms with Crippen LogP contribution in [0.15, 0.2) is 29.2 Å². The third-order valence-electron chi connectivity index (χ3n) is 1.88. The molecule has 14 heavy (non-hydrogen) atoms. The molecule has 4 N–H and O–H groups in total. The Morgan fingerprint density at radius 3 is 2.64 bits per heavy atom. The Morgan fingerprint density at radius 1 is 1.50 bits per heavy atom. The summed E-state index contributed by atoms with van der Waals surface area (Å²) in [6.07, 6.45) is 0. The molecule has 0 amide bonds. The Morgan fingerprint density at radius 2 is 2.14 bits per heavy atom. The molecule has 1 aromatic rings. The van der Waals surface area contributed by atoms with Crippen molar-refractivity contribution in [1.82, 2.24) is 5.48 Å². The number of nitrogens with one attached hydrogen (secondary N) is 1. The normalized spacial score (nSPS) is 13.9. The molecule has 0 saturated heterocycles. The molecule has 1 unspecified atom stereocenters. The first-order chi connectivity index (χ1) is 6.45. The fraction of sp³-hybridized carbons (Fsp3) is 0.250. The van der Waals surface area contributed by atoms with Gasteiger partial charge in [-0.1, -0.05) is 12.1 Å². The van der Waals surface area contributed by atoms with E-state index in [0.717, 1.165) is 0 Å². The highest BCUT2D eigenvalue weighted by Gasteiger charge is 2.10. The number of hydrogen-bond acceptors (Lipinski definition) is 4. The predicted octanol–water partition coefficient (Wildman–Crippen LogP) is 0.374. The third-order valence-corrected chi connectivity index (χ3v) is 2.79. The smallest absolute Gasteiger partial charge is 0.238 e. The van der Waals surface area contributed by atoms with Crippen molar-refractivity contribution in [2.45, 2.75) is 17.9 Å². The SMILES string of the molecule is CC(NO)c1cccc(S(N)(=O)=O)c1. The maximum Gasteiger partial charge on any atom is 0.238 e. The Hall–Kier alpha value is -0.950. The molecule has 1 rings (SSSR count). The van der Waals surface area contributed by atoms with Crippen LogP contribution in [0, 0.1) is 0 Å². The first-order valence-corrected chi connectivity index (χ1v) is 5.52. The molecule has 0 aliphatic heterocycles. The van der Waals surface area contributed by atoms with Gasteiger partial charge in [-0.05, 0) is 24.6 Å². The van der Waals surface area contributed by atoms with Crippen molar-refractivity contribution < 1.29 is 13.6 Å². The molecule has 1 aromatic carbocycles. The van der Waals surface area contributed by atoms with Crippen molar-refractivity contribution in [2.75, 3.05) is 0 Å². The van der Waals surface area contributed by atoms with Crippen molar-refractivity contribution in [2.24, 2.45) is 5.14 Å². The summed E-state index contributed by atoms with van der Waals surface area (Å²) in [5.74, 6) is 0. The van der Waals surface area contributed by atoms with Crippen LogP contribution in [0.4, 0.5) is 0 Å². The topological polar surface area (TPSA) is 92.4 Å². The van der Waals surface area contributed by atoms with Crippen LogP contribution >= 0.6 is 0 Å². The molecule has 78 valence electrons. The van der Waals surface area contributed by atoms with Gasteiger partial charge in [-0.15, -0.1) is 0 Å². The first-order valence-electron chi connectivity index (χ1n) is 3.97. The molecule has 0 bridgehead atoms. The molecule has 1 atom stereocenters. The van der Waals surface area contributed by atoms with Crippen molar-refractivity contribution in [1.29, 1.82) is 0 Å². The average molecular weight is 216 g/mol. The Balaban J connectivity index is 3.14. The van der Waals surface area contributed by atoms with Gasteiger partial charge in [0.05, 0.1) is 10.9 Å². The lowest BCUT2D eigenvalue weighted by Gasteiger charge is -2.09. The highest BCUT2D eigenvalue weighted by molar-refractivity contribution is 7.89. The predicted molar refractivity (Wildman–Crippen MR) is 51.2 cm³/mol. The van der Waals surface area contributed by atoms with E-state index in [1.54, 1.807) is 19.1 Å². The van der Waals surface area contributed by atoms with E-state index >= 15 is 0 Å². The van der Waals surface area contributed by atoms with Crippen molar-refractivity contribution >= 4 is 10.0 Å². The number of primary sulfonamides is 1. The van der Waals surface area contributed by atoms with Crippen LogP contribution in [0.3, 0.4) is 0 Å². The van der Waals surface area contributed by atoms with Crippen LogP contribution < -0.4 is 10.6 Å². The van der Waals surface area contributed by atoms with Gasteiger partial charge in [0.1, 0.15) is 0 Å². The third kappa shape index (κ3) is 2.52. The minimum absolute atomic E-state index is 0.0390. The van der Waals surface area contributed by atoms with Crippen LogP contribution in [0.25, 0.3) is 0 Å². The van der Waals surface area contributed by atoms with Gasteiger partial charge >= 0.3 is 0 Å². The standard InChI is InChI=1S/C8H12N2O3S/c1-6(10-11)7-3-2-4-8(5-7)14(9,12)13/h2-6,10-11H,1H3,(H2,9,12,13). The number of benzene rings is 1. The van der Waals surface area contributed by atoms with E-state index in [-0.39, 0.29) is 10.9 Å². The molecule has 0 aliphatic rings. The maximum atomic E-state index is 11.0. The molecule has 5 nitrogen and oxygen atoms in total. The van der Waals surface area contributed by atoms with Gasteiger partial charge < -0.3 is 5.21 Å². The lowest BCUT2D eigenvalue weighted by atomic mass is 10.1. The van der Waals surface area contributed by atoms with E-state index in [1.165, 1.54) is 12.1 Å². The van der Waals surface area contributed by atoms with Gasteiger partial charge in [0.2, 0.25) is 10.0 Å². The number of rotatable bonds is 3. The molecule has 0 spiro atoms. The van der Waals surface area contributed by atoms with E-state index in [1.807, 2.05) is 5.48 Å². The summed E-state index contributed by atoms with van der Waals surface area (Å²) in [5.41, 5.74) is 2.68. The maximum absolute atomic E-state index is 11.0. The summed E-state index contributed by atoms with van der Waals surface area (Å²) in [6, 6.07) is 5.76. The van der Waals surface area contributed by atoms with E-state index in [2.05, 4.69) is 0 Å². The number of nitrogens with two attached hydrogens (primary N) is 1. The molecule has 6 heteroatoms. The van der Waals surface area contributed by atoms with Gasteiger partial charge in [0.15, 0.2) is 0 Å². The summed E-state index contributed by atoms with van der Waals surface area (Å²) in [6.45, 7) is 1.70. The molecule has 0 saturated carbocycles. The second kappa shape index (κ2) is 4.05. The van der Waals surface area contributed by atoms with Crippen LogP contribution in [0.1, 0.15) is 18.5 Å². The molecule has 0 heterocycles. The van der Waals surface area contributed by atoms with E-state index in [4.69, 9.17) is 10.3 Å². The Bertz CT molecular complexity index is 416. The van der Waals surface area contributed by atoms with Crippen molar-refractivity contribution in [3.8, 4) is 0 Å². The number of hydroxylamine groups is 1. The number of hydrogen-bond donors (Lipinski definition) is 3. The van der Waals surface area contributed by atoms with E-state index < -0.39 is 10.0 Å². The second-order valence-electron chi connectivity index (χ2n) is 2.97. The molecule has 0 aromatic heterocycles. The van der Waals surface area contributed by atoms with E-state index in [9.17, 15) is 8.42 Å². The van der Waals surface area contributed by atoms with Crippen molar-refractivity contribution in [3.05, 3.63) is 29.8 Å². The van der Waals surface area contributed by atoms with Gasteiger partial charge in [-0.3, -0.25) is 0 Å². The van der Waals surface area contributed by atoms with Crippen LogP contribution in [-0.4, -0.2) is 13.6 Å². The molecule has 0 radical (unpaired) electrons. The molecule has 0 fully saturated rings. The van der Waals surface area contributed by atoms with Gasteiger partial charge in [0, 0.05) is 0 Å². The zero-order valence-electron chi connectivity index (χ0n) is 7.64. The lowest BCUT2D eigenvalue weighted by Crippen LogP contribution is -2.16. The summed E-state index contributed by atoms with van der Waals surface area (Å²) in [7, 11) is -3.68. The van der Waals surface area contributed by atoms with Crippen LogP contribution in [-0.2, 0) is 10.0 Å². The van der Waals surface area contributed by atoms with Crippen molar-refractivity contribution in [3.63, 3.8) is 0 Å². The summed E-state index contributed by atoms with van der Waals surface area (Å²) in [5, 5.41) is 13.6. The van der Waals surface area contributed by atoms with Gasteiger partial charge in [-0.25, -0.2) is 13.6 Å². The van der Waals surface area contributed by atoms with Gasteiger partial charge in [0.25, 0.3) is 0 Å². The van der Waals surface area contributed by atoms with E-state index in [0.29, 0.717) is 5.56 Å². The van der Waals surface area contributed by atoms with Crippen LogP contribution in [0.2, 0.25) is 0 Å². The second-order valence-corrected chi connectivity index (χ2v) is 4.53. The molecular weight excluding hydrogens is 204 g/mol. The zero-order chi connectivity index (χ0) is 10.8. The quantitative estimate of drug-likeness (QED) is 0.636. The number of sulfonamides is 1. The Labute approximate surface area is 82.6 Å². The average Bonchev–Trinajstić information content (AvgIpc) is 2.15. The first kappa shape index (κ1) is 11.1. The molecule has 0 aliphatic carbocycles. The fourth-order valence-electron chi connectivity index (χ4n) is 1.04. The minimum Gasteiger partial charge on any atom is -0.316 e. The summed E-state index contributed by atoms with van der Waals surface area (Å²) in [4.78, 5) is 0.0390.